The Hall–Kier alpha value is -1.16. The van der Waals surface area contributed by atoms with Crippen LogP contribution in [0.1, 0.15) is 31.4 Å². The molecule has 2 heterocycles. The summed E-state index contributed by atoms with van der Waals surface area (Å²) in [5.74, 6) is -0.00624. The van der Waals surface area contributed by atoms with Crippen LogP contribution < -0.4 is 0 Å². The van der Waals surface area contributed by atoms with Crippen LogP contribution in [-0.2, 0) is 16.1 Å². The van der Waals surface area contributed by atoms with Crippen LogP contribution in [0.2, 0.25) is 0 Å². The average Bonchev–Trinajstić information content (AvgIpc) is 2.77. The van der Waals surface area contributed by atoms with Gasteiger partial charge in [0, 0.05) is 30.8 Å². The Bertz CT molecular complexity index is 335. The Morgan fingerprint density at radius 1 is 1.73 bits per heavy atom. The fourth-order valence-corrected chi connectivity index (χ4v) is 1.99. The molecule has 4 heteroatoms. The van der Waals surface area contributed by atoms with Crippen molar-refractivity contribution in [3.8, 4) is 0 Å². The van der Waals surface area contributed by atoms with Gasteiger partial charge in [-0.15, -0.1) is 0 Å². The Labute approximate surface area is 89.2 Å². The van der Waals surface area contributed by atoms with Gasteiger partial charge in [0.2, 0.25) is 0 Å². The SMILES string of the molecule is CCn1cc([C@@H]2OCCC[C@H]2C=O)cn1. The molecule has 0 unspecified atom stereocenters. The summed E-state index contributed by atoms with van der Waals surface area (Å²) in [5, 5.41) is 4.20. The van der Waals surface area contributed by atoms with Crippen LogP contribution in [0.3, 0.4) is 0 Å². The van der Waals surface area contributed by atoms with E-state index in [-0.39, 0.29) is 12.0 Å². The molecule has 1 saturated heterocycles. The lowest BCUT2D eigenvalue weighted by Crippen LogP contribution is -2.23. The second-order valence-electron chi connectivity index (χ2n) is 3.86. The highest BCUT2D eigenvalue weighted by Gasteiger charge is 2.27. The topological polar surface area (TPSA) is 44.1 Å². The van der Waals surface area contributed by atoms with Crippen molar-refractivity contribution in [3.05, 3.63) is 18.0 Å². The van der Waals surface area contributed by atoms with Gasteiger partial charge in [0.1, 0.15) is 6.29 Å². The van der Waals surface area contributed by atoms with Crippen LogP contribution >= 0.6 is 0 Å². The zero-order valence-corrected chi connectivity index (χ0v) is 8.93. The first kappa shape index (κ1) is 10.4. The molecule has 15 heavy (non-hydrogen) atoms. The van der Waals surface area contributed by atoms with Gasteiger partial charge in [0.05, 0.1) is 12.3 Å². The van der Waals surface area contributed by atoms with Crippen molar-refractivity contribution in [2.75, 3.05) is 6.61 Å². The number of hydrogen-bond acceptors (Lipinski definition) is 3. The lowest BCUT2D eigenvalue weighted by atomic mass is 9.92. The van der Waals surface area contributed by atoms with Gasteiger partial charge in [-0.3, -0.25) is 4.68 Å². The highest BCUT2D eigenvalue weighted by atomic mass is 16.5. The molecule has 1 aliphatic rings. The highest BCUT2D eigenvalue weighted by Crippen LogP contribution is 2.31. The maximum absolute atomic E-state index is 10.9. The number of aldehydes is 1. The van der Waals surface area contributed by atoms with Crippen LogP contribution in [0.4, 0.5) is 0 Å². The molecule has 0 spiro atoms. The van der Waals surface area contributed by atoms with E-state index in [1.807, 2.05) is 17.8 Å². The Morgan fingerprint density at radius 3 is 3.27 bits per heavy atom. The molecule has 1 aromatic heterocycles. The molecule has 82 valence electrons. The van der Waals surface area contributed by atoms with E-state index in [1.165, 1.54) is 0 Å². The highest BCUT2D eigenvalue weighted by molar-refractivity contribution is 5.55. The van der Waals surface area contributed by atoms with E-state index in [4.69, 9.17) is 4.74 Å². The van der Waals surface area contributed by atoms with Gasteiger partial charge in [0.15, 0.2) is 0 Å². The summed E-state index contributed by atoms with van der Waals surface area (Å²) in [4.78, 5) is 10.9. The summed E-state index contributed by atoms with van der Waals surface area (Å²) < 4.78 is 7.50. The Morgan fingerprint density at radius 2 is 2.60 bits per heavy atom. The zero-order valence-electron chi connectivity index (χ0n) is 8.93. The van der Waals surface area contributed by atoms with Crippen molar-refractivity contribution < 1.29 is 9.53 Å². The van der Waals surface area contributed by atoms with E-state index >= 15 is 0 Å². The van der Waals surface area contributed by atoms with Gasteiger partial charge < -0.3 is 9.53 Å². The number of rotatable bonds is 3. The first-order valence-electron chi connectivity index (χ1n) is 5.44. The van der Waals surface area contributed by atoms with Crippen molar-refractivity contribution in [1.82, 2.24) is 9.78 Å². The first-order valence-corrected chi connectivity index (χ1v) is 5.44. The number of ether oxygens (including phenoxy) is 1. The van der Waals surface area contributed by atoms with Crippen molar-refractivity contribution >= 4 is 6.29 Å². The number of hydrogen-bond donors (Lipinski definition) is 0. The molecule has 0 radical (unpaired) electrons. The second kappa shape index (κ2) is 4.57. The summed E-state index contributed by atoms with van der Waals surface area (Å²) in [6.07, 6.45) is 6.58. The molecule has 0 N–H and O–H groups in total. The van der Waals surface area contributed by atoms with Gasteiger partial charge >= 0.3 is 0 Å². The minimum atomic E-state index is -0.0865. The van der Waals surface area contributed by atoms with Crippen molar-refractivity contribution in [2.24, 2.45) is 5.92 Å². The molecule has 0 amide bonds. The number of carbonyl (C=O) groups excluding carboxylic acids is 1. The molecule has 2 rings (SSSR count). The molecular weight excluding hydrogens is 192 g/mol. The Balaban J connectivity index is 2.16. The number of nitrogens with zero attached hydrogens (tertiary/aromatic N) is 2. The molecule has 1 aromatic rings. The van der Waals surface area contributed by atoms with Gasteiger partial charge in [-0.25, -0.2) is 0 Å². The van der Waals surface area contributed by atoms with Gasteiger partial charge in [0.25, 0.3) is 0 Å². The van der Waals surface area contributed by atoms with Crippen molar-refractivity contribution in [2.45, 2.75) is 32.4 Å². The molecule has 0 aromatic carbocycles. The Kier molecular flexibility index (Phi) is 3.16. The van der Waals surface area contributed by atoms with E-state index in [1.54, 1.807) is 6.20 Å². The fraction of sp³-hybridized carbons (Fsp3) is 0.636. The molecule has 2 atom stereocenters. The molecule has 1 fully saturated rings. The van der Waals surface area contributed by atoms with Gasteiger partial charge in [-0.1, -0.05) is 0 Å². The zero-order chi connectivity index (χ0) is 10.7. The van der Waals surface area contributed by atoms with Crippen LogP contribution in [0.25, 0.3) is 0 Å². The average molecular weight is 208 g/mol. The normalized spacial score (nSPS) is 26.5. The van der Waals surface area contributed by atoms with Crippen LogP contribution in [-0.4, -0.2) is 22.7 Å². The van der Waals surface area contributed by atoms with Crippen LogP contribution in [0.5, 0.6) is 0 Å². The fourth-order valence-electron chi connectivity index (χ4n) is 1.99. The standard InChI is InChI=1S/C11H16N2O2/c1-2-13-7-10(6-12-13)11-9(8-14)4-3-5-15-11/h6-9,11H,2-5H2,1H3/t9-,11+/m0/s1. The van der Waals surface area contributed by atoms with Crippen molar-refractivity contribution in [3.63, 3.8) is 0 Å². The summed E-state index contributed by atoms with van der Waals surface area (Å²) in [7, 11) is 0. The second-order valence-corrected chi connectivity index (χ2v) is 3.86. The van der Waals surface area contributed by atoms with Crippen molar-refractivity contribution in [1.29, 1.82) is 0 Å². The summed E-state index contributed by atoms with van der Waals surface area (Å²) in [6, 6.07) is 0. The summed E-state index contributed by atoms with van der Waals surface area (Å²) in [5.41, 5.74) is 1.02. The minimum Gasteiger partial charge on any atom is -0.373 e. The smallest absolute Gasteiger partial charge is 0.126 e. The predicted molar refractivity (Wildman–Crippen MR) is 55.4 cm³/mol. The monoisotopic (exact) mass is 208 g/mol. The van der Waals surface area contributed by atoms with E-state index < -0.39 is 0 Å². The van der Waals surface area contributed by atoms with Gasteiger partial charge in [-0.05, 0) is 19.8 Å². The predicted octanol–water partition coefficient (Wildman–Crippen LogP) is 1.57. The van der Waals surface area contributed by atoms with Gasteiger partial charge in [-0.2, -0.15) is 5.10 Å². The molecule has 1 aliphatic heterocycles. The molecule has 4 nitrogen and oxygen atoms in total. The van der Waals surface area contributed by atoms with Crippen LogP contribution in [0.15, 0.2) is 12.4 Å². The van der Waals surface area contributed by atoms with E-state index in [2.05, 4.69) is 5.10 Å². The third kappa shape index (κ3) is 2.09. The largest absolute Gasteiger partial charge is 0.373 e. The summed E-state index contributed by atoms with van der Waals surface area (Å²) in [6.45, 7) is 3.63. The molecule has 0 bridgehead atoms. The number of aromatic nitrogens is 2. The first-order chi connectivity index (χ1) is 7.35. The van der Waals surface area contributed by atoms with Crippen LogP contribution in [0, 0.1) is 5.92 Å². The quantitative estimate of drug-likeness (QED) is 0.708. The molecular formula is C11H16N2O2. The van der Waals surface area contributed by atoms with E-state index in [0.29, 0.717) is 0 Å². The maximum Gasteiger partial charge on any atom is 0.126 e. The van der Waals surface area contributed by atoms with E-state index in [0.717, 1.165) is 37.8 Å². The third-order valence-corrected chi connectivity index (χ3v) is 2.85. The number of carbonyl (C=O) groups is 1. The van der Waals surface area contributed by atoms with E-state index in [9.17, 15) is 4.79 Å². The number of aryl methyl sites for hydroxylation is 1. The lowest BCUT2D eigenvalue weighted by Gasteiger charge is -2.27. The maximum atomic E-state index is 10.9. The minimum absolute atomic E-state index is 0.00624. The molecule has 0 saturated carbocycles. The third-order valence-electron chi connectivity index (χ3n) is 2.85. The lowest BCUT2D eigenvalue weighted by molar-refractivity contribution is -0.120. The summed E-state index contributed by atoms with van der Waals surface area (Å²) >= 11 is 0. The molecule has 0 aliphatic carbocycles.